The minimum Gasteiger partial charge on any atom is -0.455 e. The van der Waals surface area contributed by atoms with Gasteiger partial charge in [-0.2, -0.15) is 0 Å². The minimum atomic E-state index is -0.482. The summed E-state index contributed by atoms with van der Waals surface area (Å²) < 4.78 is 17.7. The first-order valence-corrected chi connectivity index (χ1v) is 18.6. The van der Waals surface area contributed by atoms with Gasteiger partial charge >= 0.3 is 5.97 Å². The topological polar surface area (TPSA) is 105 Å². The molecule has 256 valence electrons. The predicted molar refractivity (Wildman–Crippen MR) is 175 cm³/mol. The Morgan fingerprint density at radius 2 is 1.09 bits per heavy atom. The van der Waals surface area contributed by atoms with Crippen molar-refractivity contribution < 1.29 is 34.3 Å². The van der Waals surface area contributed by atoms with Crippen molar-refractivity contribution in [3.8, 4) is 0 Å². The van der Waals surface area contributed by atoms with Gasteiger partial charge in [0.05, 0.1) is 42.7 Å². The van der Waals surface area contributed by atoms with Gasteiger partial charge in [-0.25, -0.2) is 4.79 Å². The highest BCUT2D eigenvalue weighted by molar-refractivity contribution is 5.90. The number of carbonyl (C=O) groups excluding carboxylic acids is 1. The molecule has 7 heteroatoms. The van der Waals surface area contributed by atoms with E-state index in [4.69, 9.17) is 14.2 Å². The van der Waals surface area contributed by atoms with E-state index in [2.05, 4.69) is 6.92 Å². The normalized spacial score (nSPS) is 27.4. The van der Waals surface area contributed by atoms with E-state index in [9.17, 15) is 20.1 Å². The van der Waals surface area contributed by atoms with Gasteiger partial charge < -0.3 is 29.5 Å². The number of carbonyl (C=O) groups is 1. The molecule has 3 aliphatic heterocycles. The Kier molecular flexibility index (Phi) is 18.5. The van der Waals surface area contributed by atoms with Crippen LogP contribution in [0.2, 0.25) is 0 Å². The van der Waals surface area contributed by atoms with Gasteiger partial charge in [-0.05, 0) is 57.9 Å². The number of aliphatic hydroxyl groups excluding tert-OH is 3. The fourth-order valence-electron chi connectivity index (χ4n) is 7.28. The largest absolute Gasteiger partial charge is 0.455 e. The predicted octanol–water partition coefficient (Wildman–Crippen LogP) is 7.86. The fourth-order valence-corrected chi connectivity index (χ4v) is 7.28. The van der Waals surface area contributed by atoms with Gasteiger partial charge in [0.1, 0.15) is 6.10 Å². The Bertz CT molecular complexity index is 801. The molecule has 0 aromatic heterocycles. The zero-order chi connectivity index (χ0) is 31.6. The molecule has 0 aromatic rings. The van der Waals surface area contributed by atoms with E-state index in [1.807, 2.05) is 6.92 Å². The zero-order valence-corrected chi connectivity index (χ0v) is 28.1. The number of ether oxygens (including phenoxy) is 3. The number of cyclic esters (lactones) is 1. The van der Waals surface area contributed by atoms with Crippen LogP contribution in [-0.4, -0.2) is 70.1 Å². The summed E-state index contributed by atoms with van der Waals surface area (Å²) in [5.41, 5.74) is 0.606. The molecule has 8 atom stereocenters. The summed E-state index contributed by atoms with van der Waals surface area (Å²) in [4.78, 5) is 11.7. The lowest BCUT2D eigenvalue weighted by molar-refractivity contribution is -0.139. The van der Waals surface area contributed by atoms with Crippen molar-refractivity contribution in [1.29, 1.82) is 0 Å². The van der Waals surface area contributed by atoms with E-state index in [1.54, 1.807) is 6.08 Å². The molecule has 7 nitrogen and oxygen atoms in total. The second-order valence-electron chi connectivity index (χ2n) is 14.0. The fraction of sp³-hybridized carbons (Fsp3) is 0.919. The Balaban J connectivity index is 1.14. The van der Waals surface area contributed by atoms with Crippen LogP contribution in [-0.2, 0) is 19.0 Å². The van der Waals surface area contributed by atoms with E-state index in [1.165, 1.54) is 57.8 Å². The molecule has 44 heavy (non-hydrogen) atoms. The zero-order valence-electron chi connectivity index (χ0n) is 28.1. The van der Waals surface area contributed by atoms with Gasteiger partial charge in [0.2, 0.25) is 0 Å². The van der Waals surface area contributed by atoms with Crippen molar-refractivity contribution in [2.75, 3.05) is 0 Å². The maximum Gasteiger partial charge on any atom is 0.334 e. The second kappa shape index (κ2) is 21.7. The van der Waals surface area contributed by atoms with Crippen molar-refractivity contribution in [3.05, 3.63) is 11.6 Å². The summed E-state index contributed by atoms with van der Waals surface area (Å²) in [6, 6.07) is 0. The lowest BCUT2D eigenvalue weighted by atomic mass is 10.00. The summed E-state index contributed by atoms with van der Waals surface area (Å²) >= 11 is 0. The summed E-state index contributed by atoms with van der Waals surface area (Å²) in [6.45, 7) is 4.10. The molecule has 0 saturated carbocycles. The maximum atomic E-state index is 11.7. The monoisotopic (exact) mass is 622 g/mol. The van der Waals surface area contributed by atoms with Gasteiger partial charge in [0.15, 0.2) is 0 Å². The third kappa shape index (κ3) is 14.2. The van der Waals surface area contributed by atoms with Gasteiger partial charge in [-0.1, -0.05) is 110 Å². The third-order valence-corrected chi connectivity index (χ3v) is 10.0. The SMILES string of the molecule is CCCCCCCCCCCC[C@@H](O)[C@H]1CC[C@H]([C@H]2CC[C@H]([C@@H](O)CCCCCCCC[C@H](O)CC3=C[C@@H](C)OC3=O)O2)O1. The molecular weight excluding hydrogens is 556 g/mol. The molecule has 3 N–H and O–H groups in total. The molecule has 0 spiro atoms. The Morgan fingerprint density at radius 3 is 1.52 bits per heavy atom. The molecular formula is C37H66O7. The Morgan fingerprint density at radius 1 is 0.659 bits per heavy atom. The first kappa shape index (κ1) is 37.5. The maximum absolute atomic E-state index is 11.7. The highest BCUT2D eigenvalue weighted by Crippen LogP contribution is 2.34. The summed E-state index contributed by atoms with van der Waals surface area (Å²) in [6.07, 6.45) is 26.1. The average Bonchev–Trinajstić information content (AvgIpc) is 3.75. The number of esters is 1. The molecule has 3 rings (SSSR count). The van der Waals surface area contributed by atoms with Crippen molar-refractivity contribution in [3.63, 3.8) is 0 Å². The molecule has 2 saturated heterocycles. The van der Waals surface area contributed by atoms with Crippen LogP contribution >= 0.6 is 0 Å². The smallest absolute Gasteiger partial charge is 0.334 e. The molecule has 0 amide bonds. The molecule has 0 radical (unpaired) electrons. The number of unbranched alkanes of at least 4 members (excludes halogenated alkanes) is 14. The number of aliphatic hydroxyl groups is 3. The van der Waals surface area contributed by atoms with Gasteiger partial charge in [0.25, 0.3) is 0 Å². The number of hydrogen-bond donors (Lipinski definition) is 3. The quantitative estimate of drug-likeness (QED) is 0.0703. The van der Waals surface area contributed by atoms with Crippen LogP contribution in [0.1, 0.15) is 168 Å². The molecule has 3 aliphatic rings. The highest BCUT2D eigenvalue weighted by atomic mass is 16.6. The van der Waals surface area contributed by atoms with Gasteiger partial charge in [-0.3, -0.25) is 0 Å². The molecule has 0 aromatic carbocycles. The molecule has 3 heterocycles. The summed E-state index contributed by atoms with van der Waals surface area (Å²) in [5.74, 6) is -0.289. The summed E-state index contributed by atoms with van der Waals surface area (Å²) in [5, 5.41) is 31.7. The number of rotatable bonds is 25. The third-order valence-electron chi connectivity index (χ3n) is 10.0. The van der Waals surface area contributed by atoms with Gasteiger partial charge in [-0.15, -0.1) is 0 Å². The van der Waals surface area contributed by atoms with E-state index in [0.717, 1.165) is 83.5 Å². The second-order valence-corrected chi connectivity index (χ2v) is 14.0. The average molecular weight is 623 g/mol. The van der Waals surface area contributed by atoms with Crippen LogP contribution in [0.4, 0.5) is 0 Å². The van der Waals surface area contributed by atoms with Gasteiger partial charge in [0, 0.05) is 12.0 Å². The van der Waals surface area contributed by atoms with Crippen LogP contribution in [0.3, 0.4) is 0 Å². The van der Waals surface area contributed by atoms with E-state index in [-0.39, 0.29) is 42.6 Å². The Labute approximate surface area is 268 Å². The van der Waals surface area contributed by atoms with Crippen LogP contribution in [0.25, 0.3) is 0 Å². The molecule has 0 bridgehead atoms. The molecule has 2 fully saturated rings. The highest BCUT2D eigenvalue weighted by Gasteiger charge is 2.40. The van der Waals surface area contributed by atoms with Crippen LogP contribution in [0.5, 0.6) is 0 Å². The lowest BCUT2D eigenvalue weighted by Gasteiger charge is -2.24. The standard InChI is InChI=1S/C37H66O7/c1-3-4-5-6-7-8-9-10-14-17-20-31(39)33-22-24-35(43-33)36-25-23-34(44-36)32(40)21-18-15-12-11-13-16-19-30(38)27-29-26-28(2)42-37(29)41/h26,28,30-36,38-40H,3-25,27H2,1-2H3/t28-,30+,31-,32+,33-,34-,35-,36-/m1/s1. The summed E-state index contributed by atoms with van der Waals surface area (Å²) in [7, 11) is 0. The van der Waals surface area contributed by atoms with Crippen molar-refractivity contribution in [1.82, 2.24) is 0 Å². The van der Waals surface area contributed by atoms with Crippen LogP contribution in [0.15, 0.2) is 11.6 Å². The Hall–Kier alpha value is -0.990. The first-order valence-electron chi connectivity index (χ1n) is 18.6. The lowest BCUT2D eigenvalue weighted by Crippen LogP contribution is -2.33. The van der Waals surface area contributed by atoms with E-state index < -0.39 is 12.2 Å². The number of hydrogen-bond acceptors (Lipinski definition) is 7. The van der Waals surface area contributed by atoms with Crippen molar-refractivity contribution in [2.24, 2.45) is 0 Å². The van der Waals surface area contributed by atoms with Crippen molar-refractivity contribution in [2.45, 2.75) is 217 Å². The minimum absolute atomic E-state index is 0.0403. The van der Waals surface area contributed by atoms with Crippen LogP contribution < -0.4 is 0 Å². The van der Waals surface area contributed by atoms with Crippen LogP contribution in [0, 0.1) is 0 Å². The van der Waals surface area contributed by atoms with Crippen molar-refractivity contribution >= 4 is 5.97 Å². The molecule has 0 unspecified atom stereocenters. The van der Waals surface area contributed by atoms with E-state index >= 15 is 0 Å². The molecule has 0 aliphatic carbocycles. The first-order chi connectivity index (χ1) is 21.4. The van der Waals surface area contributed by atoms with E-state index in [0.29, 0.717) is 18.4 Å².